The molecular weight excluding hydrogens is 391 g/mol. The quantitative estimate of drug-likeness (QED) is 0.574. The molecule has 1 saturated carbocycles. The molecule has 9 heteroatoms. The zero-order valence-corrected chi connectivity index (χ0v) is 15.8. The van der Waals surface area contributed by atoms with E-state index >= 15 is 0 Å². The van der Waals surface area contributed by atoms with E-state index < -0.39 is 24.3 Å². The molecular formula is C19H20ClFN2O5. The van der Waals surface area contributed by atoms with Crippen LogP contribution in [0.5, 0.6) is 0 Å². The van der Waals surface area contributed by atoms with Crippen LogP contribution in [-0.2, 0) is 23.9 Å². The molecule has 0 radical (unpaired) electrons. The fourth-order valence-electron chi connectivity index (χ4n) is 3.65. The molecule has 1 saturated heterocycles. The van der Waals surface area contributed by atoms with Crippen LogP contribution in [0.1, 0.15) is 32.1 Å². The van der Waals surface area contributed by atoms with Crippen LogP contribution in [0.2, 0.25) is 5.02 Å². The van der Waals surface area contributed by atoms with Gasteiger partial charge in [0, 0.05) is 11.6 Å². The van der Waals surface area contributed by atoms with Gasteiger partial charge in [-0.05, 0) is 31.0 Å². The van der Waals surface area contributed by atoms with Crippen LogP contribution in [0.25, 0.3) is 0 Å². The maximum Gasteiger partial charge on any atom is 0.308 e. The number of esters is 1. The summed E-state index contributed by atoms with van der Waals surface area (Å²) in [6, 6.07) is 3.68. The molecule has 1 aliphatic heterocycles. The number of nitrogens with one attached hydrogen (secondary N) is 1. The van der Waals surface area contributed by atoms with Crippen molar-refractivity contribution in [2.45, 2.75) is 32.1 Å². The number of benzene rings is 1. The summed E-state index contributed by atoms with van der Waals surface area (Å²) in [7, 11) is 0. The SMILES string of the molecule is O=C(COC(=O)CCN1C(=O)[C@H]2CCCC[C@H]2C1=O)Nc1cc(Cl)ccc1F. The van der Waals surface area contributed by atoms with Crippen LogP contribution in [0.3, 0.4) is 0 Å². The Labute approximate surface area is 166 Å². The Bertz CT molecular complexity index is 792. The number of amides is 3. The second kappa shape index (κ2) is 8.68. The van der Waals surface area contributed by atoms with Crippen molar-refractivity contribution in [3.63, 3.8) is 0 Å². The van der Waals surface area contributed by atoms with E-state index in [4.69, 9.17) is 16.3 Å². The number of fused-ring (bicyclic) bond motifs is 1. The molecule has 150 valence electrons. The van der Waals surface area contributed by atoms with Gasteiger partial charge in [-0.1, -0.05) is 24.4 Å². The number of rotatable bonds is 6. The predicted molar refractivity (Wildman–Crippen MR) is 97.8 cm³/mol. The van der Waals surface area contributed by atoms with Gasteiger partial charge in [0.05, 0.1) is 23.9 Å². The zero-order chi connectivity index (χ0) is 20.3. The summed E-state index contributed by atoms with van der Waals surface area (Å²) in [5.74, 6) is -3.11. The van der Waals surface area contributed by atoms with E-state index in [1.807, 2.05) is 0 Å². The average Bonchev–Trinajstić information content (AvgIpc) is 2.92. The Morgan fingerprint density at radius 1 is 1.18 bits per heavy atom. The topological polar surface area (TPSA) is 92.8 Å². The monoisotopic (exact) mass is 410 g/mol. The molecule has 7 nitrogen and oxygen atoms in total. The number of anilines is 1. The van der Waals surface area contributed by atoms with E-state index in [0.717, 1.165) is 23.8 Å². The van der Waals surface area contributed by atoms with Gasteiger partial charge in [-0.2, -0.15) is 0 Å². The summed E-state index contributed by atoms with van der Waals surface area (Å²) < 4.78 is 18.4. The highest BCUT2D eigenvalue weighted by atomic mass is 35.5. The molecule has 0 bridgehead atoms. The number of likely N-dealkylation sites (tertiary alicyclic amines) is 1. The third-order valence-corrected chi connectivity index (χ3v) is 5.27. The van der Waals surface area contributed by atoms with Crippen molar-refractivity contribution in [1.82, 2.24) is 4.90 Å². The first-order valence-electron chi connectivity index (χ1n) is 9.12. The van der Waals surface area contributed by atoms with Gasteiger partial charge in [0.2, 0.25) is 11.8 Å². The first-order valence-corrected chi connectivity index (χ1v) is 9.50. The smallest absolute Gasteiger partial charge is 0.308 e. The lowest BCUT2D eigenvalue weighted by molar-refractivity contribution is -0.148. The lowest BCUT2D eigenvalue weighted by atomic mass is 9.81. The Morgan fingerprint density at radius 3 is 2.46 bits per heavy atom. The van der Waals surface area contributed by atoms with E-state index in [1.165, 1.54) is 12.1 Å². The average molecular weight is 411 g/mol. The molecule has 2 aliphatic rings. The van der Waals surface area contributed by atoms with Gasteiger partial charge in [-0.15, -0.1) is 0 Å². The third kappa shape index (κ3) is 4.49. The van der Waals surface area contributed by atoms with Gasteiger partial charge in [0.15, 0.2) is 6.61 Å². The van der Waals surface area contributed by atoms with E-state index in [0.29, 0.717) is 12.8 Å². The number of hydrogen-bond donors (Lipinski definition) is 1. The maximum atomic E-state index is 13.6. The van der Waals surface area contributed by atoms with Gasteiger partial charge in [-0.25, -0.2) is 4.39 Å². The van der Waals surface area contributed by atoms with Gasteiger partial charge >= 0.3 is 5.97 Å². The van der Waals surface area contributed by atoms with Crippen LogP contribution < -0.4 is 5.32 Å². The van der Waals surface area contributed by atoms with E-state index in [9.17, 15) is 23.6 Å². The molecule has 1 aromatic rings. The van der Waals surface area contributed by atoms with Crippen molar-refractivity contribution in [2.24, 2.45) is 11.8 Å². The maximum absolute atomic E-state index is 13.6. The highest BCUT2D eigenvalue weighted by Gasteiger charge is 2.47. The number of nitrogens with zero attached hydrogens (tertiary/aromatic N) is 1. The zero-order valence-electron chi connectivity index (χ0n) is 15.1. The summed E-state index contributed by atoms with van der Waals surface area (Å²) >= 11 is 5.74. The first-order chi connectivity index (χ1) is 13.4. The molecule has 1 N–H and O–H groups in total. The summed E-state index contributed by atoms with van der Waals surface area (Å²) in [6.45, 7) is -0.675. The number of ether oxygens (including phenoxy) is 1. The van der Waals surface area contributed by atoms with Crippen molar-refractivity contribution in [3.05, 3.63) is 29.0 Å². The van der Waals surface area contributed by atoms with Crippen LogP contribution >= 0.6 is 11.6 Å². The highest BCUT2D eigenvalue weighted by molar-refractivity contribution is 6.30. The number of halogens is 2. The third-order valence-electron chi connectivity index (χ3n) is 5.04. The van der Waals surface area contributed by atoms with E-state index in [2.05, 4.69) is 5.32 Å². The molecule has 0 spiro atoms. The van der Waals surface area contributed by atoms with Crippen LogP contribution in [0.4, 0.5) is 10.1 Å². The molecule has 2 atom stereocenters. The van der Waals surface area contributed by atoms with Gasteiger partial charge < -0.3 is 10.1 Å². The van der Waals surface area contributed by atoms with E-state index in [-0.39, 0.29) is 47.3 Å². The summed E-state index contributed by atoms with van der Waals surface area (Å²) in [4.78, 5) is 49.5. The number of carbonyl (C=O) groups excluding carboxylic acids is 4. The summed E-state index contributed by atoms with van der Waals surface area (Å²) in [5.41, 5.74) is -0.121. The summed E-state index contributed by atoms with van der Waals surface area (Å²) in [6.07, 6.45) is 3.07. The number of carbonyl (C=O) groups is 4. The van der Waals surface area contributed by atoms with Gasteiger partial charge in [0.25, 0.3) is 5.91 Å². The Kier molecular flexibility index (Phi) is 6.28. The van der Waals surface area contributed by atoms with Crippen molar-refractivity contribution in [2.75, 3.05) is 18.5 Å². The first kappa shape index (κ1) is 20.3. The second-order valence-corrected chi connectivity index (χ2v) is 7.35. The Hall–Kier alpha value is -2.48. The van der Waals surface area contributed by atoms with Crippen LogP contribution in [0, 0.1) is 17.7 Å². The molecule has 1 heterocycles. The molecule has 2 fully saturated rings. The Morgan fingerprint density at radius 2 is 1.82 bits per heavy atom. The largest absolute Gasteiger partial charge is 0.456 e. The standard InChI is InChI=1S/C19H20ClFN2O5/c20-11-5-6-14(21)15(9-11)22-16(24)10-28-17(25)7-8-23-18(26)12-3-1-2-4-13(12)19(23)27/h5-6,9,12-13H,1-4,7-8,10H2,(H,22,24)/t12-,13+. The molecule has 0 aromatic heterocycles. The molecule has 28 heavy (non-hydrogen) atoms. The Balaban J connectivity index is 1.44. The molecule has 0 unspecified atom stereocenters. The minimum Gasteiger partial charge on any atom is -0.456 e. The molecule has 3 amide bonds. The minimum absolute atomic E-state index is 0.0615. The molecule has 1 aliphatic carbocycles. The summed E-state index contributed by atoms with van der Waals surface area (Å²) in [5, 5.41) is 2.50. The lowest BCUT2D eigenvalue weighted by Crippen LogP contribution is -2.33. The van der Waals surface area contributed by atoms with Gasteiger partial charge in [0.1, 0.15) is 5.82 Å². The van der Waals surface area contributed by atoms with Crippen molar-refractivity contribution in [1.29, 1.82) is 0 Å². The fourth-order valence-corrected chi connectivity index (χ4v) is 3.82. The van der Waals surface area contributed by atoms with E-state index in [1.54, 1.807) is 0 Å². The molecule has 3 rings (SSSR count). The van der Waals surface area contributed by atoms with Crippen molar-refractivity contribution >= 4 is 41.0 Å². The van der Waals surface area contributed by atoms with Crippen molar-refractivity contribution in [3.8, 4) is 0 Å². The lowest BCUT2D eigenvalue weighted by Gasteiger charge is -2.19. The highest BCUT2D eigenvalue weighted by Crippen LogP contribution is 2.37. The normalized spacial score (nSPS) is 21.4. The minimum atomic E-state index is -0.728. The van der Waals surface area contributed by atoms with Crippen LogP contribution in [0.15, 0.2) is 18.2 Å². The predicted octanol–water partition coefficient (Wildman–Crippen LogP) is 2.53. The number of hydrogen-bond acceptors (Lipinski definition) is 5. The van der Waals surface area contributed by atoms with Crippen LogP contribution in [-0.4, -0.2) is 41.7 Å². The second-order valence-electron chi connectivity index (χ2n) is 6.91. The number of imide groups is 1. The van der Waals surface area contributed by atoms with Crippen molar-refractivity contribution < 1.29 is 28.3 Å². The van der Waals surface area contributed by atoms with Gasteiger partial charge in [-0.3, -0.25) is 24.1 Å². The fraction of sp³-hybridized carbons (Fsp3) is 0.474. The molecule has 1 aromatic carbocycles.